The van der Waals surface area contributed by atoms with Gasteiger partial charge in [-0.3, -0.25) is 4.79 Å². The van der Waals surface area contributed by atoms with Crippen molar-refractivity contribution < 1.29 is 4.74 Å². The Kier molecular flexibility index (Phi) is 4.95. The number of anilines is 1. The van der Waals surface area contributed by atoms with Crippen LogP contribution in [0.4, 0.5) is 5.82 Å². The summed E-state index contributed by atoms with van der Waals surface area (Å²) in [7, 11) is 1.78. The molecular weight excluding hydrogens is 316 g/mol. The van der Waals surface area contributed by atoms with Gasteiger partial charge >= 0.3 is 0 Å². The molecular formula is C19H32N4O2. The summed E-state index contributed by atoms with van der Waals surface area (Å²) < 4.78 is 7.80. The molecule has 0 spiro atoms. The quantitative estimate of drug-likeness (QED) is 0.906. The van der Waals surface area contributed by atoms with Crippen LogP contribution in [0.25, 0.3) is 0 Å². The lowest BCUT2D eigenvalue weighted by atomic mass is 9.84. The van der Waals surface area contributed by atoms with E-state index in [2.05, 4.69) is 42.9 Å². The predicted molar refractivity (Wildman–Crippen MR) is 100 cm³/mol. The van der Waals surface area contributed by atoms with E-state index in [1.54, 1.807) is 24.0 Å². The topological polar surface area (TPSA) is 59.4 Å². The molecule has 2 aliphatic rings. The summed E-state index contributed by atoms with van der Waals surface area (Å²) in [6.07, 6.45) is 7.65. The van der Waals surface area contributed by atoms with Gasteiger partial charge < -0.3 is 19.5 Å². The van der Waals surface area contributed by atoms with Crippen molar-refractivity contribution >= 4 is 5.82 Å². The summed E-state index contributed by atoms with van der Waals surface area (Å²) in [5, 5.41) is 3.84. The summed E-state index contributed by atoms with van der Waals surface area (Å²) in [5.41, 5.74) is -0.230. The number of piperidine rings is 1. The number of nitrogens with one attached hydrogen (secondary N) is 1. The maximum Gasteiger partial charge on any atom is 0.293 e. The highest BCUT2D eigenvalue weighted by Gasteiger charge is 2.40. The van der Waals surface area contributed by atoms with Crippen LogP contribution in [0.3, 0.4) is 0 Å². The molecule has 0 amide bonds. The average molecular weight is 348 g/mol. The second-order valence-electron chi connectivity index (χ2n) is 8.85. The van der Waals surface area contributed by atoms with Crippen molar-refractivity contribution in [2.75, 3.05) is 18.0 Å². The van der Waals surface area contributed by atoms with Crippen molar-refractivity contribution in [1.29, 1.82) is 0 Å². The largest absolute Gasteiger partial charge is 0.370 e. The summed E-state index contributed by atoms with van der Waals surface area (Å²) in [6, 6.07) is 0.824. The van der Waals surface area contributed by atoms with E-state index in [0.29, 0.717) is 17.9 Å². The van der Waals surface area contributed by atoms with Crippen molar-refractivity contribution in [1.82, 2.24) is 14.9 Å². The van der Waals surface area contributed by atoms with Gasteiger partial charge in [-0.1, -0.05) is 0 Å². The highest BCUT2D eigenvalue weighted by atomic mass is 16.5. The fourth-order valence-corrected chi connectivity index (χ4v) is 4.55. The zero-order valence-electron chi connectivity index (χ0n) is 16.2. The molecule has 1 aromatic heterocycles. The molecule has 0 aliphatic carbocycles. The Labute approximate surface area is 150 Å². The fraction of sp³-hybridized carbons (Fsp3) is 0.789. The van der Waals surface area contributed by atoms with E-state index in [4.69, 9.17) is 4.74 Å². The minimum atomic E-state index is -0.106. The molecule has 1 unspecified atom stereocenters. The lowest BCUT2D eigenvalue weighted by Crippen LogP contribution is -2.57. The van der Waals surface area contributed by atoms with Crippen LogP contribution in [0.5, 0.6) is 0 Å². The third-order valence-corrected chi connectivity index (χ3v) is 5.22. The van der Waals surface area contributed by atoms with Crippen molar-refractivity contribution in [2.24, 2.45) is 7.05 Å². The number of aromatic nitrogens is 2. The van der Waals surface area contributed by atoms with Gasteiger partial charge in [0.1, 0.15) is 0 Å². The molecule has 0 bridgehead atoms. The summed E-state index contributed by atoms with van der Waals surface area (Å²) in [5.74, 6) is 0.573. The molecule has 2 saturated heterocycles. The number of hydrogen-bond donors (Lipinski definition) is 1. The van der Waals surface area contributed by atoms with Gasteiger partial charge in [-0.25, -0.2) is 4.98 Å². The van der Waals surface area contributed by atoms with Crippen LogP contribution in [-0.2, 0) is 11.8 Å². The third kappa shape index (κ3) is 4.42. The highest BCUT2D eigenvalue weighted by Crippen LogP contribution is 2.35. The van der Waals surface area contributed by atoms with E-state index in [1.807, 2.05) is 0 Å². The lowest BCUT2D eigenvalue weighted by molar-refractivity contribution is -0.164. The normalized spacial score (nSPS) is 26.6. The Bertz CT molecular complexity index is 652. The van der Waals surface area contributed by atoms with Crippen LogP contribution >= 0.6 is 0 Å². The van der Waals surface area contributed by atoms with Crippen molar-refractivity contribution in [3.05, 3.63) is 22.7 Å². The third-order valence-electron chi connectivity index (χ3n) is 5.22. The molecule has 3 heterocycles. The summed E-state index contributed by atoms with van der Waals surface area (Å²) in [4.78, 5) is 18.8. The Hall–Kier alpha value is -1.40. The Morgan fingerprint density at radius 3 is 2.56 bits per heavy atom. The molecule has 0 saturated carbocycles. The van der Waals surface area contributed by atoms with E-state index in [0.717, 1.165) is 38.8 Å². The minimum Gasteiger partial charge on any atom is -0.370 e. The average Bonchev–Trinajstić information content (AvgIpc) is 2.47. The van der Waals surface area contributed by atoms with Crippen molar-refractivity contribution in [3.8, 4) is 0 Å². The number of rotatable bonds is 3. The van der Waals surface area contributed by atoms with Crippen LogP contribution in [0.1, 0.15) is 53.4 Å². The Morgan fingerprint density at radius 1 is 1.20 bits per heavy atom. The van der Waals surface area contributed by atoms with Crippen molar-refractivity contribution in [3.63, 3.8) is 0 Å². The zero-order valence-corrected chi connectivity index (χ0v) is 16.2. The van der Waals surface area contributed by atoms with E-state index < -0.39 is 0 Å². The second-order valence-corrected chi connectivity index (χ2v) is 8.85. The Morgan fingerprint density at radius 2 is 1.88 bits per heavy atom. The maximum absolute atomic E-state index is 12.4. The molecule has 0 radical (unpaired) electrons. The molecule has 0 aromatic carbocycles. The van der Waals surface area contributed by atoms with Gasteiger partial charge in [-0.2, -0.15) is 0 Å². The van der Waals surface area contributed by atoms with Gasteiger partial charge in [-0.15, -0.1) is 0 Å². The van der Waals surface area contributed by atoms with Crippen LogP contribution in [0.2, 0.25) is 0 Å². The molecule has 2 fully saturated rings. The van der Waals surface area contributed by atoms with Gasteiger partial charge in [0.15, 0.2) is 5.82 Å². The molecule has 1 aromatic rings. The number of nitrogens with zero attached hydrogens (tertiary/aromatic N) is 3. The SMILES string of the molecule is Cn1ccnc(N2CCCC(NC3CC(C)(C)OC(C)(C)C3)C2)c1=O. The first-order valence-electron chi connectivity index (χ1n) is 9.38. The van der Waals surface area contributed by atoms with Gasteiger partial charge in [0.25, 0.3) is 5.56 Å². The maximum atomic E-state index is 12.4. The molecule has 2 aliphatic heterocycles. The predicted octanol–water partition coefficient (Wildman–Crippen LogP) is 2.07. The first-order chi connectivity index (χ1) is 11.7. The van der Waals surface area contributed by atoms with E-state index in [1.165, 1.54) is 0 Å². The van der Waals surface area contributed by atoms with E-state index >= 15 is 0 Å². The molecule has 3 rings (SSSR count). The molecule has 25 heavy (non-hydrogen) atoms. The van der Waals surface area contributed by atoms with E-state index in [-0.39, 0.29) is 16.8 Å². The second kappa shape index (κ2) is 6.72. The van der Waals surface area contributed by atoms with Crippen LogP contribution < -0.4 is 15.8 Å². The molecule has 1 N–H and O–H groups in total. The standard InChI is InChI=1S/C19H32N4O2/c1-18(2)11-15(12-19(3,4)25-18)21-14-7-6-9-23(13-14)16-17(24)22(5)10-8-20-16/h8,10,14-15,21H,6-7,9,11-13H2,1-5H3. The number of aryl methyl sites for hydroxylation is 1. The van der Waals surface area contributed by atoms with Gasteiger partial charge in [-0.05, 0) is 53.4 Å². The summed E-state index contributed by atoms with van der Waals surface area (Å²) in [6.45, 7) is 10.4. The van der Waals surface area contributed by atoms with Crippen molar-refractivity contribution in [2.45, 2.75) is 76.7 Å². The number of ether oxygens (including phenoxy) is 1. The smallest absolute Gasteiger partial charge is 0.293 e. The monoisotopic (exact) mass is 348 g/mol. The van der Waals surface area contributed by atoms with Crippen LogP contribution in [0, 0.1) is 0 Å². The van der Waals surface area contributed by atoms with E-state index in [9.17, 15) is 4.79 Å². The molecule has 6 heteroatoms. The zero-order chi connectivity index (χ0) is 18.2. The molecule has 140 valence electrons. The fourth-order valence-electron chi connectivity index (χ4n) is 4.55. The molecule has 1 atom stereocenters. The van der Waals surface area contributed by atoms with Gasteiger partial charge in [0.05, 0.1) is 11.2 Å². The molecule has 6 nitrogen and oxygen atoms in total. The van der Waals surface area contributed by atoms with Gasteiger partial charge in [0, 0.05) is 44.6 Å². The van der Waals surface area contributed by atoms with Crippen LogP contribution in [-0.4, -0.2) is 45.9 Å². The first kappa shape index (κ1) is 18.4. The Balaban J connectivity index is 1.68. The first-order valence-corrected chi connectivity index (χ1v) is 9.38. The number of hydrogen-bond acceptors (Lipinski definition) is 5. The highest BCUT2D eigenvalue weighted by molar-refractivity contribution is 5.36. The minimum absolute atomic E-state index is 0.0171. The lowest BCUT2D eigenvalue weighted by Gasteiger charge is -2.47. The summed E-state index contributed by atoms with van der Waals surface area (Å²) >= 11 is 0. The van der Waals surface area contributed by atoms with Crippen LogP contribution in [0.15, 0.2) is 17.2 Å². The van der Waals surface area contributed by atoms with Gasteiger partial charge in [0.2, 0.25) is 0 Å².